The van der Waals surface area contributed by atoms with E-state index in [2.05, 4.69) is 10.4 Å². The van der Waals surface area contributed by atoms with Gasteiger partial charge in [0.1, 0.15) is 11.6 Å². The van der Waals surface area contributed by atoms with Crippen LogP contribution in [0.3, 0.4) is 0 Å². The molecule has 0 radical (unpaired) electrons. The number of rotatable bonds is 5. The van der Waals surface area contributed by atoms with Gasteiger partial charge < -0.3 is 10.1 Å². The third kappa shape index (κ3) is 3.44. The summed E-state index contributed by atoms with van der Waals surface area (Å²) in [7, 11) is 1.61. The second-order valence-corrected chi connectivity index (χ2v) is 6.31. The molecule has 0 aliphatic heterocycles. The molecular weight excluding hydrogens is 357 g/mol. The molecule has 0 saturated heterocycles. The Labute approximate surface area is 161 Å². The fraction of sp³-hybridized carbons (Fsp3) is 0.0909. The number of hydrogen-bond acceptors (Lipinski definition) is 3. The Morgan fingerprint density at radius 3 is 2.68 bits per heavy atom. The van der Waals surface area contributed by atoms with E-state index >= 15 is 0 Å². The van der Waals surface area contributed by atoms with Gasteiger partial charge in [-0.25, -0.2) is 9.07 Å². The number of halogens is 1. The molecule has 5 nitrogen and oxygen atoms in total. The van der Waals surface area contributed by atoms with Gasteiger partial charge in [-0.1, -0.05) is 18.2 Å². The molecule has 0 fully saturated rings. The van der Waals surface area contributed by atoms with Gasteiger partial charge in [-0.2, -0.15) is 5.10 Å². The summed E-state index contributed by atoms with van der Waals surface area (Å²) in [4.78, 5) is 12.7. The van der Waals surface area contributed by atoms with E-state index in [1.807, 2.05) is 36.4 Å². The molecule has 6 heteroatoms. The summed E-state index contributed by atoms with van der Waals surface area (Å²) in [6, 6.07) is 19.1. The Morgan fingerprint density at radius 1 is 1.11 bits per heavy atom. The standard InChI is InChI=1S/C22H18FN3O2/c1-28-18-5-2-4-15(12-18)13-24-22(27)19-6-3-7-21-20(19)14-25-26(21)17-10-8-16(23)9-11-17/h2-12,14H,13H2,1H3,(H,24,27). The van der Waals surface area contributed by atoms with Crippen molar-refractivity contribution in [2.24, 2.45) is 0 Å². The Kier molecular flexibility index (Phi) is 4.76. The number of carbonyl (C=O) groups is 1. The summed E-state index contributed by atoms with van der Waals surface area (Å²) in [5.74, 6) is 0.249. The number of aromatic nitrogens is 2. The maximum atomic E-state index is 13.2. The summed E-state index contributed by atoms with van der Waals surface area (Å²) < 4.78 is 20.1. The highest BCUT2D eigenvalue weighted by atomic mass is 19.1. The third-order valence-corrected chi connectivity index (χ3v) is 4.52. The maximum absolute atomic E-state index is 13.2. The third-order valence-electron chi connectivity index (χ3n) is 4.52. The molecule has 140 valence electrons. The van der Waals surface area contributed by atoms with Crippen LogP contribution in [0.5, 0.6) is 5.75 Å². The minimum atomic E-state index is -0.308. The number of amides is 1. The summed E-state index contributed by atoms with van der Waals surface area (Å²) in [6.07, 6.45) is 1.65. The van der Waals surface area contributed by atoms with E-state index in [1.54, 1.807) is 36.2 Å². The number of carbonyl (C=O) groups excluding carboxylic acids is 1. The topological polar surface area (TPSA) is 56.1 Å². The number of methoxy groups -OCH3 is 1. The zero-order chi connectivity index (χ0) is 19.5. The van der Waals surface area contributed by atoms with Gasteiger partial charge in [0.15, 0.2) is 0 Å². The van der Waals surface area contributed by atoms with Crippen LogP contribution in [0, 0.1) is 5.82 Å². The highest BCUT2D eigenvalue weighted by molar-refractivity contribution is 6.06. The fourth-order valence-corrected chi connectivity index (χ4v) is 3.10. The lowest BCUT2D eigenvalue weighted by Gasteiger charge is -2.08. The van der Waals surface area contributed by atoms with Crippen LogP contribution in [-0.4, -0.2) is 22.8 Å². The molecule has 0 spiro atoms. The first-order valence-corrected chi connectivity index (χ1v) is 8.79. The van der Waals surface area contributed by atoms with Crippen molar-refractivity contribution in [1.29, 1.82) is 0 Å². The van der Waals surface area contributed by atoms with Gasteiger partial charge in [0.25, 0.3) is 5.91 Å². The van der Waals surface area contributed by atoms with E-state index < -0.39 is 0 Å². The van der Waals surface area contributed by atoms with Crippen molar-refractivity contribution in [3.05, 3.63) is 89.9 Å². The van der Waals surface area contributed by atoms with Crippen LogP contribution >= 0.6 is 0 Å². The van der Waals surface area contributed by atoms with Crippen molar-refractivity contribution < 1.29 is 13.9 Å². The van der Waals surface area contributed by atoms with Crippen LogP contribution in [-0.2, 0) is 6.54 Å². The van der Waals surface area contributed by atoms with Crippen molar-refractivity contribution in [2.75, 3.05) is 7.11 Å². The SMILES string of the molecule is COc1cccc(CNC(=O)c2cccc3c2cnn3-c2ccc(F)cc2)c1. The Morgan fingerprint density at radius 2 is 1.89 bits per heavy atom. The second-order valence-electron chi connectivity index (χ2n) is 6.31. The molecule has 0 aliphatic rings. The van der Waals surface area contributed by atoms with Gasteiger partial charge in [-0.05, 0) is 54.1 Å². The quantitative estimate of drug-likeness (QED) is 0.571. The van der Waals surface area contributed by atoms with Crippen molar-refractivity contribution >= 4 is 16.8 Å². The van der Waals surface area contributed by atoms with Crippen LogP contribution in [0.4, 0.5) is 4.39 Å². The lowest BCUT2D eigenvalue weighted by molar-refractivity contribution is 0.0952. The molecule has 1 amide bonds. The number of fused-ring (bicyclic) bond motifs is 1. The van der Waals surface area contributed by atoms with Crippen LogP contribution < -0.4 is 10.1 Å². The van der Waals surface area contributed by atoms with Crippen LogP contribution in [0.1, 0.15) is 15.9 Å². The normalized spacial score (nSPS) is 10.8. The zero-order valence-corrected chi connectivity index (χ0v) is 15.2. The molecule has 0 bridgehead atoms. The number of benzene rings is 3. The van der Waals surface area contributed by atoms with E-state index in [1.165, 1.54) is 12.1 Å². The number of ether oxygens (including phenoxy) is 1. The molecule has 0 saturated carbocycles. The van der Waals surface area contributed by atoms with Crippen LogP contribution in [0.2, 0.25) is 0 Å². The number of hydrogen-bond donors (Lipinski definition) is 1. The van der Waals surface area contributed by atoms with E-state index in [0.29, 0.717) is 12.1 Å². The maximum Gasteiger partial charge on any atom is 0.252 e. The first kappa shape index (κ1) is 17.7. The van der Waals surface area contributed by atoms with Gasteiger partial charge in [0.2, 0.25) is 0 Å². The van der Waals surface area contributed by atoms with Gasteiger partial charge in [-0.3, -0.25) is 4.79 Å². The highest BCUT2D eigenvalue weighted by Gasteiger charge is 2.14. The van der Waals surface area contributed by atoms with Crippen molar-refractivity contribution in [3.63, 3.8) is 0 Å². The van der Waals surface area contributed by atoms with Crippen LogP contribution in [0.25, 0.3) is 16.6 Å². The predicted molar refractivity (Wildman–Crippen MR) is 105 cm³/mol. The van der Waals surface area contributed by atoms with Gasteiger partial charge >= 0.3 is 0 Å². The fourth-order valence-electron chi connectivity index (χ4n) is 3.10. The van der Waals surface area contributed by atoms with E-state index in [4.69, 9.17) is 4.74 Å². The first-order valence-electron chi connectivity index (χ1n) is 8.79. The highest BCUT2D eigenvalue weighted by Crippen LogP contribution is 2.22. The van der Waals surface area contributed by atoms with Crippen molar-refractivity contribution in [3.8, 4) is 11.4 Å². The average molecular weight is 375 g/mol. The summed E-state index contributed by atoms with van der Waals surface area (Å²) in [5, 5.41) is 8.04. The Balaban J connectivity index is 1.60. The van der Waals surface area contributed by atoms with Gasteiger partial charge in [0.05, 0.1) is 30.1 Å². The minimum Gasteiger partial charge on any atom is -0.497 e. The molecule has 1 heterocycles. The molecule has 28 heavy (non-hydrogen) atoms. The summed E-state index contributed by atoms with van der Waals surface area (Å²) in [5.41, 5.74) is 2.99. The van der Waals surface area contributed by atoms with Gasteiger partial charge in [-0.15, -0.1) is 0 Å². The monoisotopic (exact) mass is 375 g/mol. The molecule has 1 aromatic heterocycles. The first-order chi connectivity index (χ1) is 13.7. The number of nitrogens with zero attached hydrogens (tertiary/aromatic N) is 2. The molecular formula is C22H18FN3O2. The molecule has 1 N–H and O–H groups in total. The van der Waals surface area contributed by atoms with Gasteiger partial charge in [0, 0.05) is 11.9 Å². The zero-order valence-electron chi connectivity index (χ0n) is 15.2. The minimum absolute atomic E-state index is 0.188. The largest absolute Gasteiger partial charge is 0.497 e. The Hall–Kier alpha value is -3.67. The molecule has 0 atom stereocenters. The van der Waals surface area contributed by atoms with E-state index in [9.17, 15) is 9.18 Å². The van der Waals surface area contributed by atoms with E-state index in [-0.39, 0.29) is 11.7 Å². The average Bonchev–Trinajstić information content (AvgIpc) is 3.17. The lowest BCUT2D eigenvalue weighted by Crippen LogP contribution is -2.22. The number of nitrogens with one attached hydrogen (secondary N) is 1. The van der Waals surface area contributed by atoms with Crippen LogP contribution in [0.15, 0.2) is 72.9 Å². The van der Waals surface area contributed by atoms with E-state index in [0.717, 1.165) is 27.9 Å². The van der Waals surface area contributed by atoms with Crippen molar-refractivity contribution in [2.45, 2.75) is 6.54 Å². The molecule has 4 aromatic rings. The predicted octanol–water partition coefficient (Wildman–Crippen LogP) is 4.10. The second kappa shape index (κ2) is 7.52. The molecule has 0 unspecified atom stereocenters. The lowest BCUT2D eigenvalue weighted by atomic mass is 10.1. The molecule has 3 aromatic carbocycles. The smallest absolute Gasteiger partial charge is 0.252 e. The molecule has 0 aliphatic carbocycles. The Bertz CT molecular complexity index is 1140. The van der Waals surface area contributed by atoms with Crippen molar-refractivity contribution in [1.82, 2.24) is 15.1 Å². The molecule has 4 rings (SSSR count). The summed E-state index contributed by atoms with van der Waals surface area (Å²) >= 11 is 0. The summed E-state index contributed by atoms with van der Waals surface area (Å²) in [6.45, 7) is 0.387.